The van der Waals surface area contributed by atoms with Crippen LogP contribution < -0.4 is 10.6 Å². The topological polar surface area (TPSA) is 80.0 Å². The molecule has 1 amide bonds. The molecule has 0 aliphatic rings. The fourth-order valence-corrected chi connectivity index (χ4v) is 1.13. The maximum atomic E-state index is 11.2. The third kappa shape index (κ3) is 5.11. The Kier molecular flexibility index (Phi) is 5.39. The first-order chi connectivity index (χ1) is 7.33. The van der Waals surface area contributed by atoms with E-state index in [0.717, 1.165) is 13.0 Å². The highest BCUT2D eigenvalue weighted by atomic mass is 16.5. The van der Waals surface area contributed by atoms with Crippen LogP contribution in [0, 0.1) is 0 Å². The van der Waals surface area contributed by atoms with E-state index in [4.69, 9.17) is 0 Å². The molecule has 0 saturated carbocycles. The van der Waals surface area contributed by atoms with Crippen molar-refractivity contribution < 1.29 is 9.32 Å². The summed E-state index contributed by atoms with van der Waals surface area (Å²) in [5, 5.41) is 9.42. The first-order valence-corrected chi connectivity index (χ1v) is 4.99. The highest BCUT2D eigenvalue weighted by Crippen LogP contribution is 1.90. The third-order valence-electron chi connectivity index (χ3n) is 1.91. The van der Waals surface area contributed by atoms with E-state index in [0.29, 0.717) is 25.2 Å². The first-order valence-electron chi connectivity index (χ1n) is 4.99. The molecule has 15 heavy (non-hydrogen) atoms. The van der Waals surface area contributed by atoms with Gasteiger partial charge in [-0.25, -0.2) is 0 Å². The van der Waals surface area contributed by atoms with Gasteiger partial charge in [0.2, 0.25) is 12.3 Å². The lowest BCUT2D eigenvalue weighted by Crippen LogP contribution is -2.26. The van der Waals surface area contributed by atoms with Gasteiger partial charge in [-0.05, 0) is 20.0 Å². The molecule has 0 aromatic carbocycles. The van der Waals surface area contributed by atoms with Gasteiger partial charge < -0.3 is 15.2 Å². The summed E-state index contributed by atoms with van der Waals surface area (Å²) in [5.41, 5.74) is 0. The highest BCUT2D eigenvalue weighted by molar-refractivity contribution is 5.75. The van der Waals surface area contributed by atoms with E-state index < -0.39 is 0 Å². The monoisotopic (exact) mass is 212 g/mol. The van der Waals surface area contributed by atoms with E-state index in [9.17, 15) is 4.79 Å². The molecule has 0 spiro atoms. The third-order valence-corrected chi connectivity index (χ3v) is 1.91. The Morgan fingerprint density at radius 3 is 3.07 bits per heavy atom. The largest absolute Gasteiger partial charge is 0.356 e. The SMILES string of the molecule is CNCCCC(=O)NCCc1ncon1. The zero-order valence-corrected chi connectivity index (χ0v) is 8.82. The van der Waals surface area contributed by atoms with Gasteiger partial charge in [-0.1, -0.05) is 5.16 Å². The number of hydrogen-bond acceptors (Lipinski definition) is 5. The van der Waals surface area contributed by atoms with Crippen molar-refractivity contribution in [2.45, 2.75) is 19.3 Å². The molecule has 1 aromatic rings. The van der Waals surface area contributed by atoms with Crippen molar-refractivity contribution in [3.8, 4) is 0 Å². The predicted molar refractivity (Wildman–Crippen MR) is 54.2 cm³/mol. The van der Waals surface area contributed by atoms with Gasteiger partial charge in [-0.15, -0.1) is 0 Å². The summed E-state index contributed by atoms with van der Waals surface area (Å²) in [5.74, 6) is 0.680. The molecule has 6 nitrogen and oxygen atoms in total. The van der Waals surface area contributed by atoms with Crippen LogP contribution in [0.1, 0.15) is 18.7 Å². The van der Waals surface area contributed by atoms with Crippen molar-refractivity contribution >= 4 is 5.91 Å². The number of amides is 1. The molecule has 0 aliphatic carbocycles. The van der Waals surface area contributed by atoms with Crippen molar-refractivity contribution in [2.75, 3.05) is 20.1 Å². The van der Waals surface area contributed by atoms with Crippen molar-refractivity contribution in [1.29, 1.82) is 0 Å². The molecule has 0 radical (unpaired) electrons. The second-order valence-corrected chi connectivity index (χ2v) is 3.15. The smallest absolute Gasteiger partial charge is 0.220 e. The van der Waals surface area contributed by atoms with E-state index >= 15 is 0 Å². The Morgan fingerprint density at radius 1 is 1.53 bits per heavy atom. The second kappa shape index (κ2) is 6.94. The lowest BCUT2D eigenvalue weighted by molar-refractivity contribution is -0.121. The zero-order chi connectivity index (χ0) is 10.9. The van der Waals surface area contributed by atoms with Crippen molar-refractivity contribution in [3.05, 3.63) is 12.2 Å². The summed E-state index contributed by atoms with van der Waals surface area (Å²) in [6, 6.07) is 0. The zero-order valence-electron chi connectivity index (χ0n) is 8.82. The minimum Gasteiger partial charge on any atom is -0.356 e. The average Bonchev–Trinajstić information content (AvgIpc) is 2.71. The molecule has 1 aromatic heterocycles. The van der Waals surface area contributed by atoms with Crippen LogP contribution in [0.25, 0.3) is 0 Å². The van der Waals surface area contributed by atoms with Gasteiger partial charge in [0.25, 0.3) is 0 Å². The van der Waals surface area contributed by atoms with E-state index in [1.54, 1.807) is 0 Å². The van der Waals surface area contributed by atoms with Crippen LogP contribution in [0.2, 0.25) is 0 Å². The Morgan fingerprint density at radius 2 is 2.40 bits per heavy atom. The Hall–Kier alpha value is -1.43. The molecule has 0 atom stereocenters. The van der Waals surface area contributed by atoms with Crippen molar-refractivity contribution in [2.24, 2.45) is 0 Å². The standard InChI is InChI=1S/C9H16N4O2/c1-10-5-2-3-9(14)11-6-4-8-12-7-15-13-8/h7,10H,2-6H2,1H3,(H,11,14). The molecule has 1 rings (SSSR count). The van der Waals surface area contributed by atoms with E-state index in [-0.39, 0.29) is 5.91 Å². The van der Waals surface area contributed by atoms with Gasteiger partial charge in [0, 0.05) is 19.4 Å². The van der Waals surface area contributed by atoms with Crippen LogP contribution in [0.15, 0.2) is 10.9 Å². The maximum absolute atomic E-state index is 11.2. The van der Waals surface area contributed by atoms with Crippen LogP contribution in [-0.4, -0.2) is 36.2 Å². The Balaban J connectivity index is 2.02. The summed E-state index contributed by atoms with van der Waals surface area (Å²) in [4.78, 5) is 15.1. The van der Waals surface area contributed by atoms with Crippen molar-refractivity contribution in [3.63, 3.8) is 0 Å². The summed E-state index contributed by atoms with van der Waals surface area (Å²) in [7, 11) is 1.87. The number of nitrogens with zero attached hydrogens (tertiary/aromatic N) is 2. The number of carbonyl (C=O) groups excluding carboxylic acids is 1. The quantitative estimate of drug-likeness (QED) is 0.608. The minimum absolute atomic E-state index is 0.0637. The van der Waals surface area contributed by atoms with Crippen LogP contribution >= 0.6 is 0 Å². The molecule has 1 heterocycles. The number of rotatable bonds is 7. The second-order valence-electron chi connectivity index (χ2n) is 3.15. The van der Waals surface area contributed by atoms with Gasteiger partial charge >= 0.3 is 0 Å². The molecule has 0 aliphatic heterocycles. The molecular formula is C9H16N4O2. The summed E-state index contributed by atoms with van der Waals surface area (Å²) in [6.07, 6.45) is 3.29. The molecule has 0 fully saturated rings. The lowest BCUT2D eigenvalue weighted by atomic mass is 10.3. The molecular weight excluding hydrogens is 196 g/mol. The van der Waals surface area contributed by atoms with Crippen LogP contribution in [0.4, 0.5) is 0 Å². The maximum Gasteiger partial charge on any atom is 0.220 e. The van der Waals surface area contributed by atoms with Gasteiger partial charge in [-0.2, -0.15) is 4.98 Å². The van der Waals surface area contributed by atoms with E-state index in [2.05, 4.69) is 25.3 Å². The summed E-state index contributed by atoms with van der Waals surface area (Å²) >= 11 is 0. The number of aromatic nitrogens is 2. The molecule has 2 N–H and O–H groups in total. The van der Waals surface area contributed by atoms with Crippen LogP contribution in [-0.2, 0) is 11.2 Å². The number of hydrogen-bond donors (Lipinski definition) is 2. The number of carbonyl (C=O) groups is 1. The molecule has 0 unspecified atom stereocenters. The Labute approximate surface area is 88.4 Å². The first kappa shape index (κ1) is 11.6. The van der Waals surface area contributed by atoms with Crippen LogP contribution in [0.5, 0.6) is 0 Å². The molecule has 6 heteroatoms. The normalized spacial score (nSPS) is 10.2. The fraction of sp³-hybridized carbons (Fsp3) is 0.667. The fourth-order valence-electron chi connectivity index (χ4n) is 1.13. The van der Waals surface area contributed by atoms with E-state index in [1.807, 2.05) is 7.05 Å². The van der Waals surface area contributed by atoms with Gasteiger partial charge in [0.05, 0.1) is 0 Å². The average molecular weight is 212 g/mol. The van der Waals surface area contributed by atoms with Gasteiger partial charge in [0.1, 0.15) is 0 Å². The van der Waals surface area contributed by atoms with Crippen molar-refractivity contribution in [1.82, 2.24) is 20.8 Å². The van der Waals surface area contributed by atoms with E-state index in [1.165, 1.54) is 6.39 Å². The molecule has 0 saturated heterocycles. The summed E-state index contributed by atoms with van der Waals surface area (Å²) in [6.45, 7) is 1.41. The number of nitrogens with one attached hydrogen (secondary N) is 2. The van der Waals surface area contributed by atoms with Crippen LogP contribution in [0.3, 0.4) is 0 Å². The van der Waals surface area contributed by atoms with Gasteiger partial charge in [-0.3, -0.25) is 4.79 Å². The lowest BCUT2D eigenvalue weighted by Gasteiger charge is -2.02. The summed E-state index contributed by atoms with van der Waals surface area (Å²) < 4.78 is 4.57. The molecule has 84 valence electrons. The minimum atomic E-state index is 0.0637. The van der Waals surface area contributed by atoms with Gasteiger partial charge in [0.15, 0.2) is 5.82 Å². The highest BCUT2D eigenvalue weighted by Gasteiger charge is 2.01. The predicted octanol–water partition coefficient (Wildman–Crippen LogP) is -0.272. The molecule has 0 bridgehead atoms. The Bertz CT molecular complexity index is 274.